The SMILES string of the molecule is CCOC(=O)NCCc1nc(-c2cc(Br)cs2)no1. The summed E-state index contributed by atoms with van der Waals surface area (Å²) in [5.41, 5.74) is 0. The fraction of sp³-hybridized carbons (Fsp3) is 0.364. The van der Waals surface area contributed by atoms with Crippen LogP contribution in [-0.2, 0) is 11.2 Å². The second-order valence-corrected chi connectivity index (χ2v) is 5.37. The number of alkyl carbamates (subject to hydrolysis) is 1. The second-order valence-electron chi connectivity index (χ2n) is 3.54. The summed E-state index contributed by atoms with van der Waals surface area (Å²) >= 11 is 4.90. The molecule has 102 valence electrons. The van der Waals surface area contributed by atoms with Crippen LogP contribution in [0.1, 0.15) is 12.8 Å². The number of carbonyl (C=O) groups is 1. The molecular weight excluding hydrogens is 334 g/mol. The molecule has 2 heterocycles. The maximum atomic E-state index is 11.1. The van der Waals surface area contributed by atoms with E-state index in [9.17, 15) is 4.79 Å². The monoisotopic (exact) mass is 345 g/mol. The summed E-state index contributed by atoms with van der Waals surface area (Å²) in [6.07, 6.45) is 0.0302. The number of aromatic nitrogens is 2. The molecule has 8 heteroatoms. The molecule has 19 heavy (non-hydrogen) atoms. The smallest absolute Gasteiger partial charge is 0.407 e. The Balaban J connectivity index is 1.86. The first-order chi connectivity index (χ1) is 9.19. The van der Waals surface area contributed by atoms with Crippen molar-refractivity contribution < 1.29 is 14.1 Å². The molecule has 0 aliphatic heterocycles. The van der Waals surface area contributed by atoms with Gasteiger partial charge in [0.15, 0.2) is 0 Å². The van der Waals surface area contributed by atoms with Crippen molar-refractivity contribution in [3.8, 4) is 10.7 Å². The molecule has 0 radical (unpaired) electrons. The van der Waals surface area contributed by atoms with Crippen molar-refractivity contribution in [3.05, 3.63) is 21.8 Å². The Morgan fingerprint density at radius 2 is 2.47 bits per heavy atom. The first kappa shape index (κ1) is 14.0. The number of hydrogen-bond acceptors (Lipinski definition) is 6. The zero-order valence-corrected chi connectivity index (χ0v) is 12.6. The van der Waals surface area contributed by atoms with Gasteiger partial charge in [0, 0.05) is 22.8 Å². The number of thiophene rings is 1. The Morgan fingerprint density at radius 1 is 1.63 bits per heavy atom. The van der Waals surface area contributed by atoms with Crippen LogP contribution in [0.3, 0.4) is 0 Å². The van der Waals surface area contributed by atoms with Crippen molar-refractivity contribution >= 4 is 33.4 Å². The van der Waals surface area contributed by atoms with Crippen molar-refractivity contribution in [1.29, 1.82) is 0 Å². The summed E-state index contributed by atoms with van der Waals surface area (Å²) in [7, 11) is 0. The minimum Gasteiger partial charge on any atom is -0.450 e. The normalized spacial score (nSPS) is 10.4. The van der Waals surface area contributed by atoms with E-state index in [4.69, 9.17) is 9.26 Å². The van der Waals surface area contributed by atoms with Crippen LogP contribution < -0.4 is 5.32 Å². The van der Waals surface area contributed by atoms with Crippen molar-refractivity contribution in [2.24, 2.45) is 0 Å². The van der Waals surface area contributed by atoms with Gasteiger partial charge >= 0.3 is 6.09 Å². The molecule has 0 aromatic carbocycles. The zero-order valence-electron chi connectivity index (χ0n) is 10.2. The zero-order chi connectivity index (χ0) is 13.7. The first-order valence-corrected chi connectivity index (χ1v) is 7.34. The molecule has 0 aliphatic rings. The molecule has 2 aromatic heterocycles. The Labute approximate surface area is 122 Å². The van der Waals surface area contributed by atoms with Gasteiger partial charge in [0.25, 0.3) is 0 Å². The molecule has 0 bridgehead atoms. The van der Waals surface area contributed by atoms with Crippen LogP contribution >= 0.6 is 27.3 Å². The molecule has 2 aromatic rings. The number of carbonyl (C=O) groups excluding carboxylic acids is 1. The van der Waals surface area contributed by atoms with E-state index in [2.05, 4.69) is 31.4 Å². The van der Waals surface area contributed by atoms with E-state index in [-0.39, 0.29) is 0 Å². The van der Waals surface area contributed by atoms with Gasteiger partial charge in [-0.1, -0.05) is 5.16 Å². The summed E-state index contributed by atoms with van der Waals surface area (Å²) in [5.74, 6) is 1.04. The van der Waals surface area contributed by atoms with E-state index in [0.717, 1.165) is 9.35 Å². The number of rotatable bonds is 5. The number of nitrogens with zero attached hydrogens (tertiary/aromatic N) is 2. The van der Waals surface area contributed by atoms with E-state index in [0.29, 0.717) is 31.3 Å². The molecule has 0 atom stereocenters. The van der Waals surface area contributed by atoms with Gasteiger partial charge in [-0.25, -0.2) is 4.79 Å². The molecule has 1 N–H and O–H groups in total. The van der Waals surface area contributed by atoms with Crippen LogP contribution in [0.15, 0.2) is 20.4 Å². The van der Waals surface area contributed by atoms with Gasteiger partial charge in [-0.15, -0.1) is 11.3 Å². The van der Waals surface area contributed by atoms with E-state index in [1.807, 2.05) is 11.4 Å². The average molecular weight is 346 g/mol. The van der Waals surface area contributed by atoms with Gasteiger partial charge in [0.05, 0.1) is 11.5 Å². The molecule has 6 nitrogen and oxygen atoms in total. The Bertz CT molecular complexity index is 555. The van der Waals surface area contributed by atoms with Crippen molar-refractivity contribution in [1.82, 2.24) is 15.5 Å². The van der Waals surface area contributed by atoms with E-state index in [1.54, 1.807) is 6.92 Å². The second kappa shape index (κ2) is 6.67. The quantitative estimate of drug-likeness (QED) is 0.901. The molecule has 0 spiro atoms. The standard InChI is InChI=1S/C11H12BrN3O3S/c1-2-17-11(16)13-4-3-9-14-10(15-18-9)8-5-7(12)6-19-8/h5-6H,2-4H2,1H3,(H,13,16). The lowest BCUT2D eigenvalue weighted by Gasteiger charge is -2.02. The Hall–Kier alpha value is -1.41. The summed E-state index contributed by atoms with van der Waals surface area (Å²) in [5, 5.41) is 8.44. The van der Waals surface area contributed by atoms with Gasteiger partial charge in [0.2, 0.25) is 11.7 Å². The van der Waals surface area contributed by atoms with Gasteiger partial charge in [-0.3, -0.25) is 0 Å². The van der Waals surface area contributed by atoms with Gasteiger partial charge in [0.1, 0.15) is 0 Å². The van der Waals surface area contributed by atoms with Crippen LogP contribution in [0.4, 0.5) is 4.79 Å². The van der Waals surface area contributed by atoms with Gasteiger partial charge < -0.3 is 14.6 Å². The highest BCUT2D eigenvalue weighted by Gasteiger charge is 2.10. The fourth-order valence-electron chi connectivity index (χ4n) is 1.34. The largest absolute Gasteiger partial charge is 0.450 e. The Kier molecular flexibility index (Phi) is 4.92. The Morgan fingerprint density at radius 3 is 3.16 bits per heavy atom. The maximum Gasteiger partial charge on any atom is 0.407 e. The number of hydrogen-bond donors (Lipinski definition) is 1. The van der Waals surface area contributed by atoms with Crippen LogP contribution in [-0.4, -0.2) is 29.4 Å². The summed E-state index contributed by atoms with van der Waals surface area (Å²) in [4.78, 5) is 16.2. The lowest BCUT2D eigenvalue weighted by Crippen LogP contribution is -2.26. The maximum absolute atomic E-state index is 11.1. The first-order valence-electron chi connectivity index (χ1n) is 5.66. The topological polar surface area (TPSA) is 77.2 Å². The highest BCUT2D eigenvalue weighted by atomic mass is 79.9. The molecule has 1 amide bonds. The van der Waals surface area contributed by atoms with Crippen LogP contribution in [0, 0.1) is 0 Å². The minimum absolute atomic E-state index is 0.351. The summed E-state index contributed by atoms with van der Waals surface area (Å²) < 4.78 is 10.8. The summed E-state index contributed by atoms with van der Waals surface area (Å²) in [6, 6.07) is 1.93. The molecule has 0 saturated heterocycles. The number of amides is 1. The van der Waals surface area contributed by atoms with Crippen LogP contribution in [0.25, 0.3) is 10.7 Å². The van der Waals surface area contributed by atoms with E-state index < -0.39 is 6.09 Å². The van der Waals surface area contributed by atoms with Gasteiger partial charge in [-0.2, -0.15) is 4.98 Å². The van der Waals surface area contributed by atoms with Crippen LogP contribution in [0.5, 0.6) is 0 Å². The van der Waals surface area contributed by atoms with E-state index >= 15 is 0 Å². The fourth-order valence-corrected chi connectivity index (χ4v) is 2.69. The lowest BCUT2D eigenvalue weighted by molar-refractivity contribution is 0.152. The third-order valence-electron chi connectivity index (χ3n) is 2.14. The third-order valence-corrected chi connectivity index (χ3v) is 3.83. The summed E-state index contributed by atoms with van der Waals surface area (Å²) in [6.45, 7) is 2.50. The van der Waals surface area contributed by atoms with E-state index in [1.165, 1.54) is 11.3 Å². The number of ether oxygens (including phenoxy) is 1. The van der Waals surface area contributed by atoms with Crippen molar-refractivity contribution in [3.63, 3.8) is 0 Å². The van der Waals surface area contributed by atoms with Crippen molar-refractivity contribution in [2.75, 3.05) is 13.2 Å². The molecular formula is C11H12BrN3O3S. The molecule has 0 unspecified atom stereocenters. The highest BCUT2D eigenvalue weighted by molar-refractivity contribution is 9.10. The molecule has 0 aliphatic carbocycles. The highest BCUT2D eigenvalue weighted by Crippen LogP contribution is 2.27. The third kappa shape index (κ3) is 4.03. The molecule has 2 rings (SSSR count). The minimum atomic E-state index is -0.440. The number of nitrogens with one attached hydrogen (secondary N) is 1. The molecule has 0 fully saturated rings. The van der Waals surface area contributed by atoms with Crippen LogP contribution in [0.2, 0.25) is 0 Å². The predicted octanol–water partition coefficient (Wildman–Crippen LogP) is 2.85. The van der Waals surface area contributed by atoms with Gasteiger partial charge in [-0.05, 0) is 28.9 Å². The van der Waals surface area contributed by atoms with Crippen molar-refractivity contribution in [2.45, 2.75) is 13.3 Å². The lowest BCUT2D eigenvalue weighted by atomic mass is 10.4. The average Bonchev–Trinajstić information content (AvgIpc) is 2.98. The molecule has 0 saturated carbocycles. The predicted molar refractivity (Wildman–Crippen MR) is 74.0 cm³/mol. The number of halogens is 1.